The van der Waals surface area contributed by atoms with Gasteiger partial charge in [-0.3, -0.25) is 4.79 Å². The second-order valence-electron chi connectivity index (χ2n) is 5.16. The average Bonchev–Trinajstić information content (AvgIpc) is 2.36. The van der Waals surface area contributed by atoms with Gasteiger partial charge in [0.25, 0.3) is 5.91 Å². The predicted octanol–water partition coefficient (Wildman–Crippen LogP) is 2.26. The van der Waals surface area contributed by atoms with Crippen molar-refractivity contribution in [2.24, 2.45) is 0 Å². The maximum Gasteiger partial charge on any atom is 0.251 e. The summed E-state index contributed by atoms with van der Waals surface area (Å²) in [5.74, 6) is -0.0774. The van der Waals surface area contributed by atoms with Crippen molar-refractivity contribution < 1.29 is 4.79 Å². The molecular weight excluding hydrogens is 262 g/mol. The highest BCUT2D eigenvalue weighted by atomic mass is 35.5. The molecule has 0 aromatic carbocycles. The van der Waals surface area contributed by atoms with Crippen LogP contribution < -0.4 is 5.32 Å². The molecular formula is C14H20ClN3O. The van der Waals surface area contributed by atoms with E-state index in [1.165, 1.54) is 12.8 Å². The van der Waals surface area contributed by atoms with Crippen LogP contribution in [0.5, 0.6) is 0 Å². The van der Waals surface area contributed by atoms with Crippen molar-refractivity contribution in [1.82, 2.24) is 15.2 Å². The molecule has 19 heavy (non-hydrogen) atoms. The standard InChI is InChI=1S/C14H20ClN3O/c1-10-7-11(8-13(15)17-10)14(19)16-9-12-5-3-4-6-18(12)2/h7-8,12H,3-6,9H2,1-2H3,(H,16,19). The van der Waals surface area contributed by atoms with E-state index in [0.29, 0.717) is 23.3 Å². The summed E-state index contributed by atoms with van der Waals surface area (Å²) in [4.78, 5) is 18.5. The van der Waals surface area contributed by atoms with Crippen molar-refractivity contribution >= 4 is 17.5 Å². The number of likely N-dealkylation sites (tertiary alicyclic amines) is 1. The Hall–Kier alpha value is -1.13. The first-order valence-electron chi connectivity index (χ1n) is 6.69. The monoisotopic (exact) mass is 281 g/mol. The van der Waals surface area contributed by atoms with Gasteiger partial charge in [-0.25, -0.2) is 4.98 Å². The number of aromatic nitrogens is 1. The summed E-state index contributed by atoms with van der Waals surface area (Å²) in [6, 6.07) is 3.80. The lowest BCUT2D eigenvalue weighted by atomic mass is 10.0. The second kappa shape index (κ2) is 6.35. The van der Waals surface area contributed by atoms with E-state index in [-0.39, 0.29) is 5.91 Å². The molecule has 1 aliphatic rings. The fraction of sp³-hybridized carbons (Fsp3) is 0.571. The molecule has 1 amide bonds. The topological polar surface area (TPSA) is 45.2 Å². The minimum absolute atomic E-state index is 0.0774. The van der Waals surface area contributed by atoms with E-state index in [9.17, 15) is 4.79 Å². The van der Waals surface area contributed by atoms with Crippen molar-refractivity contribution in [3.8, 4) is 0 Å². The Labute approximate surface area is 119 Å². The number of rotatable bonds is 3. The van der Waals surface area contributed by atoms with Gasteiger partial charge < -0.3 is 10.2 Å². The van der Waals surface area contributed by atoms with Gasteiger partial charge in [-0.2, -0.15) is 0 Å². The molecule has 1 aromatic heterocycles. The zero-order chi connectivity index (χ0) is 13.8. The summed E-state index contributed by atoms with van der Waals surface area (Å²) < 4.78 is 0. The molecule has 1 aromatic rings. The van der Waals surface area contributed by atoms with Crippen molar-refractivity contribution in [2.75, 3.05) is 20.1 Å². The van der Waals surface area contributed by atoms with Gasteiger partial charge in [0.05, 0.1) is 0 Å². The molecule has 2 rings (SSSR count). The highest BCUT2D eigenvalue weighted by Crippen LogP contribution is 2.14. The molecule has 1 N–H and O–H groups in total. The Kier molecular flexibility index (Phi) is 4.77. The Morgan fingerprint density at radius 1 is 1.53 bits per heavy atom. The summed E-state index contributed by atoms with van der Waals surface area (Å²) in [7, 11) is 2.11. The third-order valence-electron chi connectivity index (χ3n) is 3.60. The molecule has 104 valence electrons. The SMILES string of the molecule is Cc1cc(C(=O)NCC2CCCCN2C)cc(Cl)n1. The molecule has 0 saturated carbocycles. The van der Waals surface area contributed by atoms with Gasteiger partial charge in [-0.15, -0.1) is 0 Å². The van der Waals surface area contributed by atoms with Crippen LogP contribution in [0.2, 0.25) is 5.15 Å². The van der Waals surface area contributed by atoms with E-state index in [0.717, 1.165) is 18.7 Å². The first-order chi connectivity index (χ1) is 9.06. The third kappa shape index (κ3) is 3.91. The summed E-state index contributed by atoms with van der Waals surface area (Å²) in [5, 5.41) is 3.35. The minimum Gasteiger partial charge on any atom is -0.350 e. The molecule has 1 saturated heterocycles. The molecule has 0 radical (unpaired) electrons. The number of nitrogens with one attached hydrogen (secondary N) is 1. The second-order valence-corrected chi connectivity index (χ2v) is 5.55. The van der Waals surface area contributed by atoms with E-state index in [4.69, 9.17) is 11.6 Å². The number of halogens is 1. The average molecular weight is 282 g/mol. The third-order valence-corrected chi connectivity index (χ3v) is 3.80. The van der Waals surface area contributed by atoms with Gasteiger partial charge in [0.2, 0.25) is 0 Å². The summed E-state index contributed by atoms with van der Waals surface area (Å²) >= 11 is 5.87. The summed E-state index contributed by atoms with van der Waals surface area (Å²) in [6.07, 6.45) is 3.64. The summed E-state index contributed by atoms with van der Waals surface area (Å²) in [6.45, 7) is 3.63. The van der Waals surface area contributed by atoms with E-state index >= 15 is 0 Å². The Balaban J connectivity index is 1.93. The van der Waals surface area contributed by atoms with Crippen LogP contribution >= 0.6 is 11.6 Å². The molecule has 5 heteroatoms. The molecule has 1 fully saturated rings. The fourth-order valence-corrected chi connectivity index (χ4v) is 2.72. The lowest BCUT2D eigenvalue weighted by Gasteiger charge is -2.32. The van der Waals surface area contributed by atoms with Crippen LogP contribution in [0.15, 0.2) is 12.1 Å². The van der Waals surface area contributed by atoms with Crippen molar-refractivity contribution in [3.63, 3.8) is 0 Å². The molecule has 1 unspecified atom stereocenters. The van der Waals surface area contributed by atoms with Gasteiger partial charge in [0.1, 0.15) is 5.15 Å². The number of amides is 1. The number of carbonyl (C=O) groups is 1. The van der Waals surface area contributed by atoms with Crippen LogP contribution in [0.1, 0.15) is 35.3 Å². The fourth-order valence-electron chi connectivity index (χ4n) is 2.47. The van der Waals surface area contributed by atoms with Gasteiger partial charge in [-0.05, 0) is 45.5 Å². The van der Waals surface area contributed by atoms with Crippen LogP contribution in [0, 0.1) is 6.92 Å². The molecule has 0 spiro atoms. The predicted molar refractivity (Wildman–Crippen MR) is 76.6 cm³/mol. The Morgan fingerprint density at radius 3 is 3.00 bits per heavy atom. The number of aryl methyl sites for hydroxylation is 1. The van der Waals surface area contributed by atoms with Crippen molar-refractivity contribution in [1.29, 1.82) is 0 Å². The maximum absolute atomic E-state index is 12.1. The largest absolute Gasteiger partial charge is 0.350 e. The highest BCUT2D eigenvalue weighted by molar-refractivity contribution is 6.29. The minimum atomic E-state index is -0.0774. The smallest absolute Gasteiger partial charge is 0.251 e. The molecule has 2 heterocycles. The van der Waals surface area contributed by atoms with Gasteiger partial charge >= 0.3 is 0 Å². The number of hydrogen-bond acceptors (Lipinski definition) is 3. The van der Waals surface area contributed by atoms with E-state index < -0.39 is 0 Å². The van der Waals surface area contributed by atoms with E-state index in [1.807, 2.05) is 6.92 Å². The lowest BCUT2D eigenvalue weighted by Crippen LogP contribution is -2.44. The number of piperidine rings is 1. The van der Waals surface area contributed by atoms with Crippen molar-refractivity contribution in [2.45, 2.75) is 32.2 Å². The molecule has 0 aliphatic carbocycles. The Bertz CT molecular complexity index is 444. The van der Waals surface area contributed by atoms with Crippen LogP contribution in [0.4, 0.5) is 0 Å². The zero-order valence-electron chi connectivity index (χ0n) is 11.4. The van der Waals surface area contributed by atoms with Gasteiger partial charge in [0, 0.05) is 23.8 Å². The van der Waals surface area contributed by atoms with Crippen LogP contribution in [-0.2, 0) is 0 Å². The molecule has 1 aliphatic heterocycles. The number of pyridine rings is 1. The zero-order valence-corrected chi connectivity index (χ0v) is 12.2. The van der Waals surface area contributed by atoms with E-state index in [2.05, 4.69) is 22.2 Å². The normalized spacial score (nSPS) is 20.3. The van der Waals surface area contributed by atoms with Crippen LogP contribution in [0.25, 0.3) is 0 Å². The lowest BCUT2D eigenvalue weighted by molar-refractivity contribution is 0.0928. The number of nitrogens with zero attached hydrogens (tertiary/aromatic N) is 2. The molecule has 4 nitrogen and oxygen atoms in total. The van der Waals surface area contributed by atoms with Crippen LogP contribution in [0.3, 0.4) is 0 Å². The van der Waals surface area contributed by atoms with E-state index in [1.54, 1.807) is 12.1 Å². The molecule has 1 atom stereocenters. The van der Waals surface area contributed by atoms with Gasteiger partial charge in [-0.1, -0.05) is 18.0 Å². The molecule has 0 bridgehead atoms. The Morgan fingerprint density at radius 2 is 2.32 bits per heavy atom. The van der Waals surface area contributed by atoms with Crippen LogP contribution in [-0.4, -0.2) is 42.0 Å². The number of hydrogen-bond donors (Lipinski definition) is 1. The quantitative estimate of drug-likeness (QED) is 0.865. The highest BCUT2D eigenvalue weighted by Gasteiger charge is 2.19. The number of likely N-dealkylation sites (N-methyl/N-ethyl adjacent to an activating group) is 1. The first kappa shape index (κ1) is 14.3. The maximum atomic E-state index is 12.1. The first-order valence-corrected chi connectivity index (χ1v) is 7.06. The number of carbonyl (C=O) groups excluding carboxylic acids is 1. The van der Waals surface area contributed by atoms with Gasteiger partial charge in [0.15, 0.2) is 0 Å². The summed E-state index contributed by atoms with van der Waals surface area (Å²) in [5.41, 5.74) is 1.34. The van der Waals surface area contributed by atoms with Crippen molar-refractivity contribution in [3.05, 3.63) is 28.5 Å².